The third-order valence-electron chi connectivity index (χ3n) is 2.52. The predicted molar refractivity (Wildman–Crippen MR) is 77.3 cm³/mol. The Bertz CT molecular complexity index is 611. The highest BCUT2D eigenvalue weighted by Crippen LogP contribution is 2.23. The topological polar surface area (TPSA) is 72.5 Å². The summed E-state index contributed by atoms with van der Waals surface area (Å²) in [5, 5.41) is 0.501. The van der Waals surface area contributed by atoms with Crippen molar-refractivity contribution in [3.8, 4) is 0 Å². The molecule has 1 aromatic rings. The summed E-state index contributed by atoms with van der Waals surface area (Å²) in [6.45, 7) is 6.35. The summed E-state index contributed by atoms with van der Waals surface area (Å²) in [7, 11) is -3.77. The largest absolute Gasteiger partial charge is 0.462 e. The van der Waals surface area contributed by atoms with Crippen molar-refractivity contribution in [2.45, 2.75) is 38.7 Å². The molecule has 0 aliphatic rings. The highest BCUT2D eigenvalue weighted by atomic mass is 35.5. The zero-order chi connectivity index (χ0) is 15.5. The number of sulfonamides is 1. The number of hydrogen-bond acceptors (Lipinski definition) is 4. The Kier molecular flexibility index (Phi) is 5.56. The summed E-state index contributed by atoms with van der Waals surface area (Å²) in [4.78, 5) is 11.5. The summed E-state index contributed by atoms with van der Waals surface area (Å²) in [6.07, 6.45) is -0.286. The second kappa shape index (κ2) is 6.56. The van der Waals surface area contributed by atoms with Gasteiger partial charge in [0.05, 0.1) is 11.0 Å². The highest BCUT2D eigenvalue weighted by Gasteiger charge is 2.19. The molecule has 20 heavy (non-hydrogen) atoms. The lowest BCUT2D eigenvalue weighted by Crippen LogP contribution is -2.32. The summed E-state index contributed by atoms with van der Waals surface area (Å²) < 4.78 is 31.4. The molecule has 1 rings (SSSR count). The SMILES string of the molecule is Cc1cc(S(=O)(=O)NCC(=O)OC(C)C)c(C)cc1Cl. The molecule has 0 fully saturated rings. The molecule has 0 saturated heterocycles. The van der Waals surface area contributed by atoms with E-state index in [9.17, 15) is 13.2 Å². The van der Waals surface area contributed by atoms with Gasteiger partial charge in [0.25, 0.3) is 0 Å². The van der Waals surface area contributed by atoms with Crippen molar-refractivity contribution in [2.75, 3.05) is 6.54 Å². The molecule has 0 spiro atoms. The molecule has 7 heteroatoms. The van der Waals surface area contributed by atoms with Crippen LogP contribution in [0.4, 0.5) is 0 Å². The standard InChI is InChI=1S/C13H18ClNO4S/c1-8(2)19-13(16)7-15-20(17,18)12-6-9(3)11(14)5-10(12)4/h5-6,8,15H,7H2,1-4H3. The van der Waals surface area contributed by atoms with Crippen molar-refractivity contribution >= 4 is 27.6 Å². The molecule has 0 amide bonds. The van der Waals surface area contributed by atoms with E-state index in [1.807, 2.05) is 0 Å². The minimum atomic E-state index is -3.77. The normalized spacial score (nSPS) is 11.7. The number of nitrogens with one attached hydrogen (secondary N) is 1. The minimum absolute atomic E-state index is 0.108. The van der Waals surface area contributed by atoms with Crippen LogP contribution < -0.4 is 4.72 Å². The number of carbonyl (C=O) groups excluding carboxylic acids is 1. The van der Waals surface area contributed by atoms with E-state index in [0.29, 0.717) is 16.1 Å². The van der Waals surface area contributed by atoms with Crippen LogP contribution in [0.1, 0.15) is 25.0 Å². The van der Waals surface area contributed by atoms with Crippen molar-refractivity contribution in [3.05, 3.63) is 28.3 Å². The monoisotopic (exact) mass is 319 g/mol. The quantitative estimate of drug-likeness (QED) is 0.844. The van der Waals surface area contributed by atoms with Gasteiger partial charge in [0, 0.05) is 5.02 Å². The van der Waals surface area contributed by atoms with Crippen molar-refractivity contribution in [1.82, 2.24) is 4.72 Å². The average molecular weight is 320 g/mol. The lowest BCUT2D eigenvalue weighted by molar-refractivity contribution is -0.145. The van der Waals surface area contributed by atoms with Crippen LogP contribution in [0.2, 0.25) is 5.02 Å². The molecule has 0 atom stereocenters. The van der Waals surface area contributed by atoms with Gasteiger partial charge in [-0.3, -0.25) is 4.79 Å². The molecule has 0 bridgehead atoms. The summed E-state index contributed by atoms with van der Waals surface area (Å²) in [5.41, 5.74) is 1.17. The van der Waals surface area contributed by atoms with E-state index in [-0.39, 0.29) is 11.0 Å². The number of ether oxygens (including phenoxy) is 1. The number of rotatable bonds is 5. The molecule has 0 radical (unpaired) electrons. The number of aryl methyl sites for hydroxylation is 2. The third-order valence-corrected chi connectivity index (χ3v) is 4.47. The number of esters is 1. The van der Waals surface area contributed by atoms with Crippen LogP contribution in [0.5, 0.6) is 0 Å². The molecule has 112 valence electrons. The van der Waals surface area contributed by atoms with Crippen molar-refractivity contribution < 1.29 is 17.9 Å². The van der Waals surface area contributed by atoms with Crippen LogP contribution in [0.3, 0.4) is 0 Å². The molecule has 0 aliphatic carbocycles. The van der Waals surface area contributed by atoms with Crippen LogP contribution in [0, 0.1) is 13.8 Å². The van der Waals surface area contributed by atoms with Crippen LogP contribution >= 0.6 is 11.6 Å². The molecule has 0 aromatic heterocycles. The van der Waals surface area contributed by atoms with Gasteiger partial charge in [-0.15, -0.1) is 0 Å². The van der Waals surface area contributed by atoms with E-state index in [0.717, 1.165) is 0 Å². The number of halogens is 1. The maximum Gasteiger partial charge on any atom is 0.321 e. The van der Waals surface area contributed by atoms with E-state index < -0.39 is 22.5 Å². The van der Waals surface area contributed by atoms with Gasteiger partial charge in [-0.2, -0.15) is 4.72 Å². The molecule has 5 nitrogen and oxygen atoms in total. The smallest absolute Gasteiger partial charge is 0.321 e. The number of carbonyl (C=O) groups is 1. The molecule has 0 aliphatic heterocycles. The highest BCUT2D eigenvalue weighted by molar-refractivity contribution is 7.89. The Morgan fingerprint density at radius 2 is 1.90 bits per heavy atom. The second-order valence-electron chi connectivity index (χ2n) is 4.73. The van der Waals surface area contributed by atoms with E-state index in [4.69, 9.17) is 16.3 Å². The molecule has 1 N–H and O–H groups in total. The summed E-state index contributed by atoms with van der Waals surface area (Å²) >= 11 is 5.93. The van der Waals surface area contributed by atoms with Gasteiger partial charge in [0.2, 0.25) is 10.0 Å². The molecule has 1 aromatic carbocycles. The van der Waals surface area contributed by atoms with E-state index in [1.165, 1.54) is 6.07 Å². The predicted octanol–water partition coefficient (Wildman–Crippen LogP) is 2.19. The molecule has 0 saturated carbocycles. The van der Waals surface area contributed by atoms with Gasteiger partial charge in [-0.05, 0) is 51.0 Å². The average Bonchev–Trinajstić information content (AvgIpc) is 2.30. The van der Waals surface area contributed by atoms with Gasteiger partial charge in [0.15, 0.2) is 0 Å². The molecule has 0 heterocycles. The first-order valence-electron chi connectivity index (χ1n) is 6.09. The lowest BCUT2D eigenvalue weighted by atomic mass is 10.2. The first-order chi connectivity index (χ1) is 9.13. The van der Waals surface area contributed by atoms with Crippen LogP contribution in [0.25, 0.3) is 0 Å². The zero-order valence-electron chi connectivity index (χ0n) is 11.9. The Morgan fingerprint density at radius 3 is 2.45 bits per heavy atom. The first kappa shape index (κ1) is 16.9. The number of hydrogen-bond donors (Lipinski definition) is 1. The van der Waals surface area contributed by atoms with Gasteiger partial charge in [-0.1, -0.05) is 11.6 Å². The molecule has 0 unspecified atom stereocenters. The fraction of sp³-hybridized carbons (Fsp3) is 0.462. The van der Waals surface area contributed by atoms with Crippen molar-refractivity contribution in [2.24, 2.45) is 0 Å². The van der Waals surface area contributed by atoms with E-state index in [1.54, 1.807) is 33.8 Å². The van der Waals surface area contributed by atoms with Gasteiger partial charge < -0.3 is 4.74 Å². The van der Waals surface area contributed by atoms with Gasteiger partial charge in [-0.25, -0.2) is 8.42 Å². The van der Waals surface area contributed by atoms with Crippen LogP contribution in [-0.2, 0) is 19.6 Å². The van der Waals surface area contributed by atoms with Gasteiger partial charge in [0.1, 0.15) is 6.54 Å². The third kappa shape index (κ3) is 4.47. The van der Waals surface area contributed by atoms with E-state index >= 15 is 0 Å². The molecular formula is C13H18ClNO4S. The fourth-order valence-corrected chi connectivity index (χ4v) is 3.08. The minimum Gasteiger partial charge on any atom is -0.462 e. The zero-order valence-corrected chi connectivity index (χ0v) is 13.4. The summed E-state index contributed by atoms with van der Waals surface area (Å²) in [6, 6.07) is 3.06. The Hall–Kier alpha value is -1.11. The Morgan fingerprint density at radius 1 is 1.30 bits per heavy atom. The number of benzene rings is 1. The maximum absolute atomic E-state index is 12.1. The van der Waals surface area contributed by atoms with Crippen LogP contribution in [0.15, 0.2) is 17.0 Å². The molecular weight excluding hydrogens is 302 g/mol. The fourth-order valence-electron chi connectivity index (χ4n) is 1.58. The van der Waals surface area contributed by atoms with Crippen molar-refractivity contribution in [1.29, 1.82) is 0 Å². The van der Waals surface area contributed by atoms with Gasteiger partial charge >= 0.3 is 5.97 Å². The van der Waals surface area contributed by atoms with Crippen LogP contribution in [-0.4, -0.2) is 27.0 Å². The maximum atomic E-state index is 12.1. The Labute approximate surface area is 124 Å². The van der Waals surface area contributed by atoms with Crippen molar-refractivity contribution in [3.63, 3.8) is 0 Å². The Balaban J connectivity index is 2.90. The summed E-state index contributed by atoms with van der Waals surface area (Å²) in [5.74, 6) is -0.619. The second-order valence-corrected chi connectivity index (χ2v) is 6.87. The first-order valence-corrected chi connectivity index (χ1v) is 7.95. The lowest BCUT2D eigenvalue weighted by Gasteiger charge is -2.12. The van der Waals surface area contributed by atoms with E-state index in [2.05, 4.69) is 4.72 Å².